The highest BCUT2D eigenvalue weighted by atomic mass is 35.5. The van der Waals surface area contributed by atoms with Crippen molar-refractivity contribution in [2.75, 3.05) is 0 Å². The zero-order chi connectivity index (χ0) is 15.4. The third-order valence-electron chi connectivity index (χ3n) is 3.31. The summed E-state index contributed by atoms with van der Waals surface area (Å²) < 4.78 is 0. The molecule has 6 nitrogen and oxygen atoms in total. The van der Waals surface area contributed by atoms with E-state index in [2.05, 4.69) is 10.6 Å². The van der Waals surface area contributed by atoms with E-state index in [1.807, 2.05) is 0 Å². The summed E-state index contributed by atoms with van der Waals surface area (Å²) in [4.78, 5) is 34.3. The molecule has 1 saturated heterocycles. The molecule has 0 bridgehead atoms. The number of carboxylic acids is 1. The van der Waals surface area contributed by atoms with E-state index >= 15 is 0 Å². The highest BCUT2D eigenvalue weighted by molar-refractivity contribution is 6.31. The van der Waals surface area contributed by atoms with Gasteiger partial charge in [-0.3, -0.25) is 9.59 Å². The van der Waals surface area contributed by atoms with Crippen molar-refractivity contribution in [1.29, 1.82) is 0 Å². The topological polar surface area (TPSA) is 95.5 Å². The van der Waals surface area contributed by atoms with Gasteiger partial charge in [0.15, 0.2) is 0 Å². The van der Waals surface area contributed by atoms with E-state index in [9.17, 15) is 19.5 Å². The van der Waals surface area contributed by atoms with Crippen LogP contribution < -0.4 is 10.6 Å². The average Bonchev–Trinajstić information content (AvgIpc) is 2.87. The largest absolute Gasteiger partial charge is 0.480 e. The first-order valence-electron chi connectivity index (χ1n) is 6.53. The summed E-state index contributed by atoms with van der Waals surface area (Å²) in [6.07, 6.45) is 0.741. The fraction of sp³-hybridized carbons (Fsp3) is 0.357. The summed E-state index contributed by atoms with van der Waals surface area (Å²) in [5.74, 6) is -1.83. The number of hydrogen-bond donors (Lipinski definition) is 3. The van der Waals surface area contributed by atoms with Gasteiger partial charge in [0.1, 0.15) is 12.1 Å². The van der Waals surface area contributed by atoms with E-state index in [0.29, 0.717) is 17.0 Å². The summed E-state index contributed by atoms with van der Waals surface area (Å²) in [5, 5.41) is 14.6. The van der Waals surface area contributed by atoms with Crippen LogP contribution in [-0.4, -0.2) is 35.0 Å². The highest BCUT2D eigenvalue weighted by Crippen LogP contribution is 2.17. The maximum atomic E-state index is 12.0. The van der Waals surface area contributed by atoms with Crippen LogP contribution in [0.15, 0.2) is 24.3 Å². The molecule has 2 amide bonds. The van der Waals surface area contributed by atoms with Crippen molar-refractivity contribution in [1.82, 2.24) is 10.6 Å². The number of rotatable bonds is 5. The van der Waals surface area contributed by atoms with E-state index < -0.39 is 24.0 Å². The van der Waals surface area contributed by atoms with Crippen molar-refractivity contribution in [3.8, 4) is 0 Å². The predicted molar refractivity (Wildman–Crippen MR) is 75.9 cm³/mol. The number of benzene rings is 1. The van der Waals surface area contributed by atoms with Crippen molar-refractivity contribution in [3.05, 3.63) is 34.9 Å². The molecule has 0 unspecified atom stereocenters. The Morgan fingerprint density at radius 2 is 2.14 bits per heavy atom. The molecular formula is C14H15ClN2O4. The number of carbonyl (C=O) groups excluding carboxylic acids is 2. The number of hydrogen-bond acceptors (Lipinski definition) is 3. The van der Waals surface area contributed by atoms with E-state index in [0.717, 1.165) is 0 Å². The Hall–Kier alpha value is -2.08. The minimum atomic E-state index is -1.15. The summed E-state index contributed by atoms with van der Waals surface area (Å²) in [6, 6.07) is 5.12. The van der Waals surface area contributed by atoms with Crippen LogP contribution in [0, 0.1) is 0 Å². The van der Waals surface area contributed by atoms with Crippen molar-refractivity contribution in [2.45, 2.75) is 31.3 Å². The fourth-order valence-electron chi connectivity index (χ4n) is 2.17. The molecule has 1 aliphatic heterocycles. The Bertz CT molecular complexity index is 576. The quantitative estimate of drug-likeness (QED) is 0.747. The molecular weight excluding hydrogens is 296 g/mol. The maximum absolute atomic E-state index is 12.0. The maximum Gasteiger partial charge on any atom is 0.326 e. The molecule has 1 aliphatic rings. The van der Waals surface area contributed by atoms with Crippen LogP contribution in [0.2, 0.25) is 5.02 Å². The van der Waals surface area contributed by atoms with E-state index in [1.165, 1.54) is 0 Å². The van der Waals surface area contributed by atoms with Gasteiger partial charge in [0.2, 0.25) is 11.8 Å². The van der Waals surface area contributed by atoms with Gasteiger partial charge >= 0.3 is 5.97 Å². The molecule has 1 aromatic rings. The van der Waals surface area contributed by atoms with Crippen LogP contribution in [-0.2, 0) is 20.8 Å². The van der Waals surface area contributed by atoms with Gasteiger partial charge in [-0.05, 0) is 18.1 Å². The van der Waals surface area contributed by atoms with E-state index in [-0.39, 0.29) is 18.7 Å². The van der Waals surface area contributed by atoms with Crippen molar-refractivity contribution in [3.63, 3.8) is 0 Å². The van der Waals surface area contributed by atoms with Gasteiger partial charge in [-0.1, -0.05) is 29.8 Å². The number of nitrogens with one attached hydrogen (secondary N) is 2. The number of carboxylic acid groups (broad SMARTS) is 1. The number of amides is 2. The number of halogens is 1. The first-order valence-corrected chi connectivity index (χ1v) is 6.91. The summed E-state index contributed by atoms with van der Waals surface area (Å²) in [7, 11) is 0. The van der Waals surface area contributed by atoms with Crippen LogP contribution >= 0.6 is 11.6 Å². The predicted octanol–water partition coefficient (Wildman–Crippen LogP) is 0.730. The van der Waals surface area contributed by atoms with Crippen LogP contribution in [0.5, 0.6) is 0 Å². The number of aliphatic carboxylic acids is 1. The normalized spacial score (nSPS) is 18.9. The fourth-order valence-corrected chi connectivity index (χ4v) is 2.38. The molecule has 112 valence electrons. The Balaban J connectivity index is 2.03. The second-order valence-corrected chi connectivity index (χ2v) is 5.26. The van der Waals surface area contributed by atoms with Crippen molar-refractivity contribution >= 4 is 29.4 Å². The van der Waals surface area contributed by atoms with Crippen LogP contribution in [0.1, 0.15) is 18.4 Å². The Morgan fingerprint density at radius 1 is 1.43 bits per heavy atom. The van der Waals surface area contributed by atoms with Crippen LogP contribution in [0.4, 0.5) is 0 Å². The molecule has 0 aromatic heterocycles. The van der Waals surface area contributed by atoms with Gasteiger partial charge < -0.3 is 15.7 Å². The first kappa shape index (κ1) is 15.3. The van der Waals surface area contributed by atoms with Crippen molar-refractivity contribution < 1.29 is 19.5 Å². The Labute approximate surface area is 126 Å². The first-order chi connectivity index (χ1) is 9.97. The standard InChI is InChI=1S/C14H15ClN2O4/c15-9-4-2-1-3-8(9)7-11(14(20)21)17-13(19)10-5-6-12(18)16-10/h1-4,10-11H,5-7H2,(H,16,18)(H,17,19)(H,20,21)/t10-,11+/m0/s1. The van der Waals surface area contributed by atoms with Gasteiger partial charge in [0.25, 0.3) is 0 Å². The average molecular weight is 311 g/mol. The highest BCUT2D eigenvalue weighted by Gasteiger charge is 2.30. The molecule has 1 heterocycles. The molecule has 1 aromatic carbocycles. The van der Waals surface area contributed by atoms with Gasteiger partial charge in [-0.15, -0.1) is 0 Å². The summed E-state index contributed by atoms with van der Waals surface area (Å²) in [5.41, 5.74) is 0.641. The third-order valence-corrected chi connectivity index (χ3v) is 3.68. The summed E-state index contributed by atoms with van der Waals surface area (Å²) in [6.45, 7) is 0. The van der Waals surface area contributed by atoms with Crippen molar-refractivity contribution in [2.24, 2.45) is 0 Å². The molecule has 3 N–H and O–H groups in total. The lowest BCUT2D eigenvalue weighted by Crippen LogP contribution is -2.49. The number of carbonyl (C=O) groups is 3. The van der Waals surface area contributed by atoms with Gasteiger partial charge in [0.05, 0.1) is 0 Å². The second kappa shape index (κ2) is 6.58. The van der Waals surface area contributed by atoms with E-state index in [4.69, 9.17) is 11.6 Å². The monoisotopic (exact) mass is 310 g/mol. The molecule has 1 fully saturated rings. The van der Waals surface area contributed by atoms with E-state index in [1.54, 1.807) is 24.3 Å². The minimum Gasteiger partial charge on any atom is -0.480 e. The lowest BCUT2D eigenvalue weighted by atomic mass is 10.1. The Morgan fingerprint density at radius 3 is 2.71 bits per heavy atom. The molecule has 0 aliphatic carbocycles. The minimum absolute atomic E-state index is 0.0847. The summed E-state index contributed by atoms with van der Waals surface area (Å²) >= 11 is 5.99. The molecule has 21 heavy (non-hydrogen) atoms. The molecule has 7 heteroatoms. The van der Waals surface area contributed by atoms with Crippen LogP contribution in [0.25, 0.3) is 0 Å². The lowest BCUT2D eigenvalue weighted by Gasteiger charge is -2.18. The van der Waals surface area contributed by atoms with Crippen LogP contribution in [0.3, 0.4) is 0 Å². The third kappa shape index (κ3) is 3.95. The zero-order valence-corrected chi connectivity index (χ0v) is 11.9. The molecule has 0 spiro atoms. The smallest absolute Gasteiger partial charge is 0.326 e. The lowest BCUT2D eigenvalue weighted by molar-refractivity contribution is -0.142. The SMILES string of the molecule is O=C1CC[C@@H](C(=O)N[C@H](Cc2ccccc2Cl)C(=O)O)N1. The molecule has 2 atom stereocenters. The Kier molecular flexibility index (Phi) is 4.80. The zero-order valence-electron chi connectivity index (χ0n) is 11.1. The molecule has 0 radical (unpaired) electrons. The van der Waals surface area contributed by atoms with Gasteiger partial charge in [-0.25, -0.2) is 4.79 Å². The molecule has 2 rings (SSSR count). The molecule has 0 saturated carbocycles. The second-order valence-electron chi connectivity index (χ2n) is 4.85. The van der Waals surface area contributed by atoms with Gasteiger partial charge in [0, 0.05) is 17.9 Å². The van der Waals surface area contributed by atoms with Gasteiger partial charge in [-0.2, -0.15) is 0 Å².